The second-order valence-corrected chi connectivity index (χ2v) is 5.92. The highest BCUT2D eigenvalue weighted by Crippen LogP contribution is 2.25. The van der Waals surface area contributed by atoms with Crippen molar-refractivity contribution >= 4 is 0 Å². The minimum atomic E-state index is 0.482. The fraction of sp³-hybridized carbons (Fsp3) is 1.00. The van der Waals surface area contributed by atoms with Gasteiger partial charge in [0, 0.05) is 6.04 Å². The topological polar surface area (TPSA) is 12.0 Å². The first-order valence-corrected chi connectivity index (χ1v) is 6.08. The maximum absolute atomic E-state index is 3.55. The lowest BCUT2D eigenvalue weighted by atomic mass is 9.84. The molecule has 0 heterocycles. The summed E-state index contributed by atoms with van der Waals surface area (Å²) in [6, 6.07) is 0.678. The Morgan fingerprint density at radius 2 is 1.71 bits per heavy atom. The summed E-state index contributed by atoms with van der Waals surface area (Å²) >= 11 is 0. The van der Waals surface area contributed by atoms with Gasteiger partial charge in [0.2, 0.25) is 0 Å². The molecular formula is C13H29N. The molecule has 14 heavy (non-hydrogen) atoms. The van der Waals surface area contributed by atoms with Crippen molar-refractivity contribution in [2.45, 2.75) is 66.8 Å². The molecule has 86 valence electrons. The van der Waals surface area contributed by atoms with E-state index < -0.39 is 0 Å². The lowest BCUT2D eigenvalue weighted by molar-refractivity contribution is 0.292. The molecule has 0 bridgehead atoms. The molecule has 2 unspecified atom stereocenters. The van der Waals surface area contributed by atoms with Crippen molar-refractivity contribution in [3.05, 3.63) is 0 Å². The van der Waals surface area contributed by atoms with Crippen LogP contribution in [0.5, 0.6) is 0 Å². The molecule has 1 nitrogen and oxygen atoms in total. The maximum atomic E-state index is 3.55. The zero-order valence-electron chi connectivity index (χ0n) is 11.0. The Balaban J connectivity index is 3.50. The SMILES string of the molecule is CCC(C)NCCC(C)CC(C)(C)C. The molecular weight excluding hydrogens is 170 g/mol. The summed E-state index contributed by atoms with van der Waals surface area (Å²) in [7, 11) is 0. The summed E-state index contributed by atoms with van der Waals surface area (Å²) in [5.41, 5.74) is 0.482. The molecule has 0 amide bonds. The van der Waals surface area contributed by atoms with Gasteiger partial charge in [0.25, 0.3) is 0 Å². The van der Waals surface area contributed by atoms with Crippen LogP contribution in [-0.4, -0.2) is 12.6 Å². The van der Waals surface area contributed by atoms with Gasteiger partial charge < -0.3 is 5.32 Å². The summed E-state index contributed by atoms with van der Waals surface area (Å²) in [6.07, 6.45) is 3.87. The highest BCUT2D eigenvalue weighted by Gasteiger charge is 2.14. The Hall–Kier alpha value is -0.0400. The van der Waals surface area contributed by atoms with E-state index in [1.807, 2.05) is 0 Å². The molecule has 0 aromatic carbocycles. The van der Waals surface area contributed by atoms with Gasteiger partial charge >= 0.3 is 0 Å². The van der Waals surface area contributed by atoms with Crippen molar-refractivity contribution in [1.29, 1.82) is 0 Å². The number of hydrogen-bond acceptors (Lipinski definition) is 1. The molecule has 0 aliphatic rings. The molecule has 1 N–H and O–H groups in total. The van der Waals surface area contributed by atoms with Gasteiger partial charge in [-0.25, -0.2) is 0 Å². The van der Waals surface area contributed by atoms with Crippen molar-refractivity contribution < 1.29 is 0 Å². The van der Waals surface area contributed by atoms with Crippen molar-refractivity contribution in [3.8, 4) is 0 Å². The molecule has 0 aromatic rings. The zero-order valence-corrected chi connectivity index (χ0v) is 11.0. The second kappa shape index (κ2) is 6.44. The lowest BCUT2D eigenvalue weighted by Crippen LogP contribution is -2.27. The van der Waals surface area contributed by atoms with Gasteiger partial charge in [-0.2, -0.15) is 0 Å². The van der Waals surface area contributed by atoms with Crippen LogP contribution in [0.1, 0.15) is 60.8 Å². The molecule has 0 aliphatic carbocycles. The van der Waals surface area contributed by atoms with Gasteiger partial charge in [-0.1, -0.05) is 34.6 Å². The van der Waals surface area contributed by atoms with Crippen LogP contribution in [0.2, 0.25) is 0 Å². The standard InChI is InChI=1S/C13H29N/c1-7-12(3)14-9-8-11(2)10-13(4,5)6/h11-12,14H,7-10H2,1-6H3. The monoisotopic (exact) mass is 199 g/mol. The minimum absolute atomic E-state index is 0.482. The normalized spacial score (nSPS) is 16.7. The van der Waals surface area contributed by atoms with Gasteiger partial charge in [-0.05, 0) is 44.1 Å². The Bertz CT molecular complexity index is 135. The molecule has 0 aromatic heterocycles. The number of rotatable bonds is 6. The third kappa shape index (κ3) is 8.55. The van der Waals surface area contributed by atoms with E-state index in [1.54, 1.807) is 0 Å². The van der Waals surface area contributed by atoms with Gasteiger partial charge in [-0.15, -0.1) is 0 Å². The van der Waals surface area contributed by atoms with E-state index >= 15 is 0 Å². The van der Waals surface area contributed by atoms with E-state index in [9.17, 15) is 0 Å². The number of nitrogens with one attached hydrogen (secondary N) is 1. The van der Waals surface area contributed by atoms with Crippen molar-refractivity contribution in [1.82, 2.24) is 5.32 Å². The van der Waals surface area contributed by atoms with Gasteiger partial charge in [0.15, 0.2) is 0 Å². The van der Waals surface area contributed by atoms with Crippen LogP contribution in [0.4, 0.5) is 0 Å². The third-order valence-corrected chi connectivity index (χ3v) is 2.70. The molecule has 0 radical (unpaired) electrons. The molecule has 0 spiro atoms. The van der Waals surface area contributed by atoms with E-state index in [-0.39, 0.29) is 0 Å². The Kier molecular flexibility index (Phi) is 6.43. The first-order chi connectivity index (χ1) is 6.35. The third-order valence-electron chi connectivity index (χ3n) is 2.70. The zero-order chi connectivity index (χ0) is 11.2. The molecule has 0 rings (SSSR count). The largest absolute Gasteiger partial charge is 0.314 e. The molecule has 0 saturated carbocycles. The van der Waals surface area contributed by atoms with Crippen LogP contribution in [0.25, 0.3) is 0 Å². The Labute approximate surface area is 90.7 Å². The van der Waals surface area contributed by atoms with Gasteiger partial charge in [0.1, 0.15) is 0 Å². The molecule has 2 atom stereocenters. The number of hydrogen-bond donors (Lipinski definition) is 1. The van der Waals surface area contributed by atoms with Crippen LogP contribution in [0, 0.1) is 11.3 Å². The average molecular weight is 199 g/mol. The summed E-state index contributed by atoms with van der Waals surface area (Å²) in [4.78, 5) is 0. The average Bonchev–Trinajstić information content (AvgIpc) is 2.00. The first kappa shape index (κ1) is 14.0. The Morgan fingerprint density at radius 3 is 2.14 bits per heavy atom. The second-order valence-electron chi connectivity index (χ2n) is 5.92. The smallest absolute Gasteiger partial charge is 0.00361 e. The summed E-state index contributed by atoms with van der Waals surface area (Å²) in [5, 5.41) is 3.55. The van der Waals surface area contributed by atoms with Gasteiger partial charge in [-0.3, -0.25) is 0 Å². The van der Waals surface area contributed by atoms with E-state index in [2.05, 4.69) is 46.9 Å². The predicted molar refractivity (Wildman–Crippen MR) is 65.6 cm³/mol. The van der Waals surface area contributed by atoms with Crippen molar-refractivity contribution in [2.24, 2.45) is 11.3 Å². The van der Waals surface area contributed by atoms with Crippen LogP contribution in [0.15, 0.2) is 0 Å². The molecule has 0 aliphatic heterocycles. The summed E-state index contributed by atoms with van der Waals surface area (Å²) in [5.74, 6) is 0.839. The lowest BCUT2D eigenvalue weighted by Gasteiger charge is -2.23. The molecule has 1 heteroatoms. The predicted octanol–water partition coefficient (Wildman–Crippen LogP) is 3.84. The van der Waals surface area contributed by atoms with Crippen LogP contribution < -0.4 is 5.32 Å². The van der Waals surface area contributed by atoms with Crippen LogP contribution in [0.3, 0.4) is 0 Å². The van der Waals surface area contributed by atoms with Crippen molar-refractivity contribution in [2.75, 3.05) is 6.54 Å². The Morgan fingerprint density at radius 1 is 1.14 bits per heavy atom. The first-order valence-electron chi connectivity index (χ1n) is 6.08. The van der Waals surface area contributed by atoms with E-state index in [4.69, 9.17) is 0 Å². The maximum Gasteiger partial charge on any atom is 0.00361 e. The summed E-state index contributed by atoms with van der Waals surface area (Å²) in [6.45, 7) is 15.0. The highest BCUT2D eigenvalue weighted by atomic mass is 14.9. The molecule has 0 fully saturated rings. The van der Waals surface area contributed by atoms with Gasteiger partial charge in [0.05, 0.1) is 0 Å². The highest BCUT2D eigenvalue weighted by molar-refractivity contribution is 4.68. The van der Waals surface area contributed by atoms with Crippen LogP contribution >= 0.6 is 0 Å². The quantitative estimate of drug-likeness (QED) is 0.685. The van der Waals surface area contributed by atoms with E-state index in [0.29, 0.717) is 11.5 Å². The van der Waals surface area contributed by atoms with E-state index in [0.717, 1.165) is 5.92 Å². The minimum Gasteiger partial charge on any atom is -0.314 e. The fourth-order valence-electron chi connectivity index (χ4n) is 1.87. The molecule has 0 saturated heterocycles. The van der Waals surface area contributed by atoms with Crippen LogP contribution in [-0.2, 0) is 0 Å². The van der Waals surface area contributed by atoms with Crippen molar-refractivity contribution in [3.63, 3.8) is 0 Å². The van der Waals surface area contributed by atoms with E-state index in [1.165, 1.54) is 25.8 Å². The fourth-order valence-corrected chi connectivity index (χ4v) is 1.87. The summed E-state index contributed by atoms with van der Waals surface area (Å²) < 4.78 is 0.